The molecule has 0 bridgehead atoms. The summed E-state index contributed by atoms with van der Waals surface area (Å²) in [6, 6.07) is 0.758. The molecule has 0 spiro atoms. The summed E-state index contributed by atoms with van der Waals surface area (Å²) in [4.78, 5) is 2.57. The van der Waals surface area contributed by atoms with E-state index in [0.29, 0.717) is 6.10 Å². The van der Waals surface area contributed by atoms with Crippen LogP contribution in [0.2, 0.25) is 0 Å². The quantitative estimate of drug-likeness (QED) is 0.572. The molecular formula is C9H19NO. The van der Waals surface area contributed by atoms with Gasteiger partial charge < -0.3 is 4.74 Å². The fourth-order valence-electron chi connectivity index (χ4n) is 2.40. The van der Waals surface area contributed by atoms with Gasteiger partial charge in [0.25, 0.3) is 0 Å². The summed E-state index contributed by atoms with van der Waals surface area (Å²) >= 11 is 0. The van der Waals surface area contributed by atoms with Crippen molar-refractivity contribution in [3.05, 3.63) is 0 Å². The zero-order valence-electron chi connectivity index (χ0n) is 7.25. The van der Waals surface area contributed by atoms with Crippen LogP contribution in [0.5, 0.6) is 0 Å². The third-order valence-corrected chi connectivity index (χ3v) is 3.00. The number of rotatable bonds is 1. The zero-order chi connectivity index (χ0) is 7.68. The summed E-state index contributed by atoms with van der Waals surface area (Å²) in [5.74, 6) is 0. The van der Waals surface area contributed by atoms with Crippen molar-refractivity contribution >= 4 is 0 Å². The maximum atomic E-state index is 5.69. The summed E-state index contributed by atoms with van der Waals surface area (Å²) in [6.45, 7) is 5.55. The number of likely N-dealkylation sites (N-methyl/N-ethyl adjacent to an activating group) is 1. The Balaban J connectivity index is 0.000000720. The summed E-state index contributed by atoms with van der Waals surface area (Å²) in [5, 5.41) is 0. The van der Waals surface area contributed by atoms with Crippen molar-refractivity contribution < 1.29 is 6.16 Å². The van der Waals surface area contributed by atoms with Gasteiger partial charge in [-0.1, -0.05) is 6.92 Å². The molecule has 1 saturated heterocycles. The standard InChI is InChI=1S/C9H17NO.H2/c1-2-10-6-7-11-9-5-3-4-8(9)10;/h8-9H,2-7H2,1H3;1H/t8-,9?;/m1./s1. The lowest BCUT2D eigenvalue weighted by atomic mass is 10.1. The Morgan fingerprint density at radius 2 is 2.45 bits per heavy atom. The third-order valence-electron chi connectivity index (χ3n) is 3.00. The van der Waals surface area contributed by atoms with E-state index >= 15 is 0 Å². The molecule has 2 aliphatic rings. The van der Waals surface area contributed by atoms with E-state index in [2.05, 4.69) is 11.8 Å². The molecule has 0 radical (unpaired) electrons. The molecule has 2 rings (SSSR count). The van der Waals surface area contributed by atoms with Gasteiger partial charge in [0.2, 0.25) is 0 Å². The molecule has 2 heteroatoms. The van der Waals surface area contributed by atoms with Crippen LogP contribution < -0.4 is 0 Å². The van der Waals surface area contributed by atoms with Crippen LogP contribution in [0.4, 0.5) is 0 Å². The van der Waals surface area contributed by atoms with E-state index in [-0.39, 0.29) is 1.43 Å². The van der Waals surface area contributed by atoms with E-state index in [0.717, 1.165) is 19.2 Å². The second-order valence-electron chi connectivity index (χ2n) is 3.54. The fraction of sp³-hybridized carbons (Fsp3) is 1.00. The Labute approximate surface area is 70.0 Å². The van der Waals surface area contributed by atoms with Crippen LogP contribution in [0.3, 0.4) is 0 Å². The lowest BCUT2D eigenvalue weighted by molar-refractivity contribution is -0.0534. The lowest BCUT2D eigenvalue weighted by Crippen LogP contribution is -2.48. The number of hydrogen-bond donors (Lipinski definition) is 0. The van der Waals surface area contributed by atoms with Gasteiger partial charge in [0, 0.05) is 14.0 Å². The van der Waals surface area contributed by atoms with E-state index in [1.54, 1.807) is 0 Å². The second kappa shape index (κ2) is 3.11. The van der Waals surface area contributed by atoms with Gasteiger partial charge in [0.1, 0.15) is 0 Å². The molecule has 1 aliphatic carbocycles. The smallest absolute Gasteiger partial charge is 0.0730 e. The molecule has 1 saturated carbocycles. The molecule has 1 heterocycles. The number of morpholine rings is 1. The summed E-state index contributed by atoms with van der Waals surface area (Å²) in [7, 11) is 0. The highest BCUT2D eigenvalue weighted by Crippen LogP contribution is 2.29. The Kier molecular flexibility index (Phi) is 2.14. The van der Waals surface area contributed by atoms with Crippen molar-refractivity contribution in [1.29, 1.82) is 0 Å². The van der Waals surface area contributed by atoms with E-state index < -0.39 is 0 Å². The predicted molar refractivity (Wildman–Crippen MR) is 46.7 cm³/mol. The Morgan fingerprint density at radius 3 is 3.27 bits per heavy atom. The van der Waals surface area contributed by atoms with Crippen LogP contribution in [0.1, 0.15) is 27.6 Å². The summed E-state index contributed by atoms with van der Waals surface area (Å²) in [6.07, 6.45) is 4.59. The molecule has 0 amide bonds. The molecular weight excluding hydrogens is 138 g/mol. The highest BCUT2D eigenvalue weighted by Gasteiger charge is 2.34. The van der Waals surface area contributed by atoms with Crippen LogP contribution >= 0.6 is 0 Å². The molecule has 11 heavy (non-hydrogen) atoms. The van der Waals surface area contributed by atoms with Crippen LogP contribution in [0.25, 0.3) is 0 Å². The van der Waals surface area contributed by atoms with Gasteiger partial charge in [0.05, 0.1) is 12.7 Å². The lowest BCUT2D eigenvalue weighted by Gasteiger charge is -2.36. The number of fused-ring (bicyclic) bond motifs is 1. The second-order valence-corrected chi connectivity index (χ2v) is 3.54. The first-order chi connectivity index (χ1) is 5.42. The fourth-order valence-corrected chi connectivity index (χ4v) is 2.40. The van der Waals surface area contributed by atoms with Crippen LogP contribution in [0, 0.1) is 0 Å². The molecule has 1 unspecified atom stereocenters. The number of nitrogens with zero attached hydrogens (tertiary/aromatic N) is 1. The highest BCUT2D eigenvalue weighted by molar-refractivity contribution is 4.88. The van der Waals surface area contributed by atoms with E-state index in [1.165, 1.54) is 25.8 Å². The average Bonchev–Trinajstić information content (AvgIpc) is 2.50. The van der Waals surface area contributed by atoms with Crippen LogP contribution in [0.15, 0.2) is 0 Å². The maximum Gasteiger partial charge on any atom is 0.0730 e. The maximum absolute atomic E-state index is 5.69. The van der Waals surface area contributed by atoms with E-state index in [4.69, 9.17) is 4.74 Å². The van der Waals surface area contributed by atoms with Gasteiger partial charge in [0.15, 0.2) is 0 Å². The van der Waals surface area contributed by atoms with E-state index in [1.807, 2.05) is 0 Å². The van der Waals surface area contributed by atoms with Gasteiger partial charge in [-0.05, 0) is 25.8 Å². The SMILES string of the molecule is CCN1CCOC2CCC[C@H]21.[HH]. The highest BCUT2D eigenvalue weighted by atomic mass is 16.5. The molecule has 2 atom stereocenters. The molecule has 1 aliphatic heterocycles. The molecule has 0 N–H and O–H groups in total. The molecule has 66 valence electrons. The molecule has 2 fully saturated rings. The van der Waals surface area contributed by atoms with Crippen molar-refractivity contribution in [1.82, 2.24) is 4.90 Å². The summed E-state index contributed by atoms with van der Waals surface area (Å²) < 4.78 is 5.69. The zero-order valence-corrected chi connectivity index (χ0v) is 7.25. The van der Waals surface area contributed by atoms with Crippen molar-refractivity contribution in [2.24, 2.45) is 0 Å². The Morgan fingerprint density at radius 1 is 1.55 bits per heavy atom. The normalized spacial score (nSPS) is 39.0. The first-order valence-corrected chi connectivity index (χ1v) is 4.77. The number of ether oxygens (including phenoxy) is 1. The molecule has 0 aromatic rings. The van der Waals surface area contributed by atoms with Gasteiger partial charge in [-0.25, -0.2) is 0 Å². The minimum absolute atomic E-state index is 0. The van der Waals surface area contributed by atoms with Crippen LogP contribution in [-0.4, -0.2) is 36.7 Å². The number of hydrogen-bond acceptors (Lipinski definition) is 2. The molecule has 2 nitrogen and oxygen atoms in total. The average molecular weight is 157 g/mol. The molecule has 0 aromatic carbocycles. The van der Waals surface area contributed by atoms with Gasteiger partial charge in [-0.2, -0.15) is 0 Å². The first kappa shape index (κ1) is 7.56. The monoisotopic (exact) mass is 157 g/mol. The van der Waals surface area contributed by atoms with Crippen molar-refractivity contribution in [2.45, 2.75) is 38.3 Å². The third kappa shape index (κ3) is 1.30. The first-order valence-electron chi connectivity index (χ1n) is 4.77. The Hall–Kier alpha value is -0.0800. The van der Waals surface area contributed by atoms with Crippen molar-refractivity contribution in [3.63, 3.8) is 0 Å². The minimum Gasteiger partial charge on any atom is -0.375 e. The van der Waals surface area contributed by atoms with Crippen LogP contribution in [-0.2, 0) is 4.74 Å². The van der Waals surface area contributed by atoms with Crippen molar-refractivity contribution in [2.75, 3.05) is 19.7 Å². The Bertz CT molecular complexity index is 142. The van der Waals surface area contributed by atoms with Gasteiger partial charge in [-0.3, -0.25) is 4.90 Å². The van der Waals surface area contributed by atoms with Gasteiger partial charge >= 0.3 is 0 Å². The van der Waals surface area contributed by atoms with Crippen molar-refractivity contribution in [3.8, 4) is 0 Å². The van der Waals surface area contributed by atoms with E-state index in [9.17, 15) is 0 Å². The predicted octanol–water partition coefficient (Wildman–Crippen LogP) is 1.51. The molecule has 0 aromatic heterocycles. The van der Waals surface area contributed by atoms with Gasteiger partial charge in [-0.15, -0.1) is 0 Å². The summed E-state index contributed by atoms with van der Waals surface area (Å²) in [5.41, 5.74) is 0. The largest absolute Gasteiger partial charge is 0.375 e. The topological polar surface area (TPSA) is 12.5 Å². The minimum atomic E-state index is 0.